The van der Waals surface area contributed by atoms with Crippen LogP contribution in [0, 0.1) is 11.6 Å². The lowest BCUT2D eigenvalue weighted by Crippen LogP contribution is -2.49. The molecule has 2 aliphatic heterocycles. The number of anilines is 2. The maximum Gasteiger partial charge on any atom is 0.246 e. The lowest BCUT2D eigenvalue weighted by atomic mass is 10.1. The highest BCUT2D eigenvalue weighted by molar-refractivity contribution is 6.05. The summed E-state index contributed by atoms with van der Waals surface area (Å²) >= 11 is 0. The van der Waals surface area contributed by atoms with Gasteiger partial charge in [0.1, 0.15) is 6.54 Å². The topological polar surface area (TPSA) is 61.9 Å². The van der Waals surface area contributed by atoms with Crippen molar-refractivity contribution in [2.75, 3.05) is 49.6 Å². The number of nitrogens with one attached hydrogen (secondary N) is 1. The Morgan fingerprint density at radius 3 is 2.64 bits per heavy atom. The molecule has 2 amide bonds. The molecule has 0 bridgehead atoms. The first-order valence-corrected chi connectivity index (χ1v) is 6.95. The van der Waals surface area contributed by atoms with Gasteiger partial charge in [0, 0.05) is 25.2 Å². The van der Waals surface area contributed by atoms with Crippen LogP contribution in [-0.4, -0.2) is 56.1 Å². The minimum absolute atomic E-state index is 0.0610. The van der Waals surface area contributed by atoms with Crippen LogP contribution in [0.1, 0.15) is 0 Å². The third kappa shape index (κ3) is 2.74. The van der Waals surface area contributed by atoms with Crippen molar-refractivity contribution in [3.05, 3.63) is 23.8 Å². The molecule has 1 aromatic rings. The predicted molar refractivity (Wildman–Crippen MR) is 74.6 cm³/mol. The van der Waals surface area contributed by atoms with E-state index >= 15 is 0 Å². The standard InChI is InChI=1S/C14H15F2N3O3/c15-9-5-11-12(6-10(9)16)19(13(20)7-17-11)8-14(21)18-1-3-22-4-2-18/h5-6,17H,1-4,7-8H2. The van der Waals surface area contributed by atoms with Gasteiger partial charge in [0.25, 0.3) is 0 Å². The van der Waals surface area contributed by atoms with Gasteiger partial charge in [0.05, 0.1) is 31.1 Å². The van der Waals surface area contributed by atoms with E-state index in [1.165, 1.54) is 4.90 Å². The quantitative estimate of drug-likeness (QED) is 0.868. The molecule has 0 saturated carbocycles. The summed E-state index contributed by atoms with van der Waals surface area (Å²) in [6.07, 6.45) is 0. The third-order valence-corrected chi connectivity index (χ3v) is 3.72. The van der Waals surface area contributed by atoms with E-state index in [1.54, 1.807) is 4.90 Å². The van der Waals surface area contributed by atoms with Crippen molar-refractivity contribution in [3.63, 3.8) is 0 Å². The van der Waals surface area contributed by atoms with E-state index in [2.05, 4.69) is 5.32 Å². The fraction of sp³-hybridized carbons (Fsp3) is 0.429. The highest BCUT2D eigenvalue weighted by Gasteiger charge is 2.29. The summed E-state index contributed by atoms with van der Waals surface area (Å²) in [4.78, 5) is 27.1. The number of ether oxygens (including phenoxy) is 1. The number of hydrogen-bond donors (Lipinski definition) is 1. The summed E-state index contributed by atoms with van der Waals surface area (Å²) in [5.74, 6) is -2.66. The predicted octanol–water partition coefficient (Wildman–Crippen LogP) is 0.582. The van der Waals surface area contributed by atoms with Crippen molar-refractivity contribution < 1.29 is 23.1 Å². The van der Waals surface area contributed by atoms with Gasteiger partial charge in [-0.3, -0.25) is 14.5 Å². The average molecular weight is 311 g/mol. The van der Waals surface area contributed by atoms with E-state index in [4.69, 9.17) is 4.74 Å². The zero-order valence-corrected chi connectivity index (χ0v) is 11.8. The molecule has 1 saturated heterocycles. The van der Waals surface area contributed by atoms with Gasteiger partial charge in [-0.2, -0.15) is 0 Å². The van der Waals surface area contributed by atoms with Crippen molar-refractivity contribution in [2.24, 2.45) is 0 Å². The molecule has 118 valence electrons. The fourth-order valence-corrected chi connectivity index (χ4v) is 2.52. The average Bonchev–Trinajstić information content (AvgIpc) is 2.53. The minimum atomic E-state index is -1.06. The molecule has 22 heavy (non-hydrogen) atoms. The molecule has 1 fully saturated rings. The number of morpholine rings is 1. The molecule has 1 aromatic carbocycles. The Hall–Kier alpha value is -2.22. The van der Waals surface area contributed by atoms with Crippen LogP contribution >= 0.6 is 0 Å². The second kappa shape index (κ2) is 5.88. The molecule has 0 aliphatic carbocycles. The number of hydrogen-bond acceptors (Lipinski definition) is 4. The summed E-state index contributed by atoms with van der Waals surface area (Å²) in [7, 11) is 0. The van der Waals surface area contributed by atoms with E-state index in [9.17, 15) is 18.4 Å². The van der Waals surface area contributed by atoms with Crippen LogP contribution in [0.5, 0.6) is 0 Å². The number of fused-ring (bicyclic) bond motifs is 1. The number of benzene rings is 1. The maximum absolute atomic E-state index is 13.4. The van der Waals surface area contributed by atoms with E-state index in [0.717, 1.165) is 12.1 Å². The first kappa shape index (κ1) is 14.7. The Labute approximate surface area is 125 Å². The highest BCUT2D eigenvalue weighted by atomic mass is 19.2. The lowest BCUT2D eigenvalue weighted by molar-refractivity contribution is -0.134. The summed E-state index contributed by atoms with van der Waals surface area (Å²) in [5, 5.41) is 2.72. The van der Waals surface area contributed by atoms with Crippen molar-refractivity contribution >= 4 is 23.2 Å². The van der Waals surface area contributed by atoms with E-state index < -0.39 is 11.6 Å². The van der Waals surface area contributed by atoms with Gasteiger partial charge >= 0.3 is 0 Å². The number of carbonyl (C=O) groups is 2. The monoisotopic (exact) mass is 311 g/mol. The van der Waals surface area contributed by atoms with E-state index in [-0.39, 0.29) is 30.6 Å². The normalized spacial score (nSPS) is 18.0. The Kier molecular flexibility index (Phi) is 3.93. The van der Waals surface area contributed by atoms with Crippen LogP contribution in [0.4, 0.5) is 20.2 Å². The van der Waals surface area contributed by atoms with Crippen LogP contribution in [0.2, 0.25) is 0 Å². The van der Waals surface area contributed by atoms with E-state index in [0.29, 0.717) is 32.0 Å². The Balaban J connectivity index is 1.82. The number of nitrogens with zero attached hydrogens (tertiary/aromatic N) is 2. The van der Waals surface area contributed by atoms with Crippen LogP contribution in [0.15, 0.2) is 12.1 Å². The molecule has 0 aromatic heterocycles. The number of halogens is 2. The molecule has 2 heterocycles. The largest absolute Gasteiger partial charge is 0.378 e. The van der Waals surface area contributed by atoms with Crippen LogP contribution in [0.3, 0.4) is 0 Å². The van der Waals surface area contributed by atoms with Gasteiger partial charge in [-0.15, -0.1) is 0 Å². The highest BCUT2D eigenvalue weighted by Crippen LogP contribution is 2.31. The maximum atomic E-state index is 13.4. The van der Waals surface area contributed by atoms with Crippen molar-refractivity contribution in [1.29, 1.82) is 0 Å². The summed E-state index contributed by atoms with van der Waals surface area (Å²) < 4.78 is 31.9. The molecule has 0 radical (unpaired) electrons. The second-order valence-electron chi connectivity index (χ2n) is 5.11. The molecule has 0 spiro atoms. The number of carbonyl (C=O) groups excluding carboxylic acids is 2. The second-order valence-corrected chi connectivity index (χ2v) is 5.11. The van der Waals surface area contributed by atoms with Gasteiger partial charge in [-0.1, -0.05) is 0 Å². The Morgan fingerprint density at radius 2 is 1.91 bits per heavy atom. The molecule has 8 heteroatoms. The third-order valence-electron chi connectivity index (χ3n) is 3.72. The molecule has 1 N–H and O–H groups in total. The Morgan fingerprint density at radius 1 is 1.23 bits per heavy atom. The van der Waals surface area contributed by atoms with Crippen molar-refractivity contribution in [1.82, 2.24) is 4.90 Å². The van der Waals surface area contributed by atoms with E-state index in [1.807, 2.05) is 0 Å². The smallest absolute Gasteiger partial charge is 0.246 e. The zero-order valence-electron chi connectivity index (χ0n) is 11.8. The lowest BCUT2D eigenvalue weighted by Gasteiger charge is -2.33. The molecule has 6 nitrogen and oxygen atoms in total. The molecule has 3 rings (SSSR count). The van der Waals surface area contributed by atoms with Gasteiger partial charge in [-0.05, 0) is 0 Å². The van der Waals surface area contributed by atoms with Crippen LogP contribution in [-0.2, 0) is 14.3 Å². The van der Waals surface area contributed by atoms with Gasteiger partial charge in [-0.25, -0.2) is 8.78 Å². The van der Waals surface area contributed by atoms with Gasteiger partial charge < -0.3 is 15.0 Å². The molecule has 0 atom stereocenters. The first-order valence-electron chi connectivity index (χ1n) is 6.95. The minimum Gasteiger partial charge on any atom is -0.378 e. The van der Waals surface area contributed by atoms with Crippen LogP contribution in [0.25, 0.3) is 0 Å². The summed E-state index contributed by atoms with van der Waals surface area (Å²) in [6, 6.07) is 1.92. The van der Waals surface area contributed by atoms with Crippen molar-refractivity contribution in [2.45, 2.75) is 0 Å². The summed E-state index contributed by atoms with van der Waals surface area (Å²) in [6.45, 7) is 1.58. The van der Waals surface area contributed by atoms with Crippen LogP contribution < -0.4 is 10.2 Å². The number of amides is 2. The molecule has 2 aliphatic rings. The SMILES string of the molecule is O=C(CN1C(=O)CNc2cc(F)c(F)cc21)N1CCOCC1. The fourth-order valence-electron chi connectivity index (χ4n) is 2.52. The van der Waals surface area contributed by atoms with Gasteiger partial charge in [0.2, 0.25) is 11.8 Å². The summed E-state index contributed by atoms with van der Waals surface area (Å²) in [5.41, 5.74) is 0.477. The molecular weight excluding hydrogens is 296 g/mol. The Bertz CT molecular complexity index is 618. The van der Waals surface area contributed by atoms with Crippen molar-refractivity contribution in [3.8, 4) is 0 Å². The zero-order chi connectivity index (χ0) is 15.7. The number of rotatable bonds is 2. The van der Waals surface area contributed by atoms with Gasteiger partial charge in [0.15, 0.2) is 11.6 Å². The molecular formula is C14H15F2N3O3. The molecule has 0 unspecified atom stereocenters. The first-order chi connectivity index (χ1) is 10.6.